The van der Waals surface area contributed by atoms with E-state index in [1.165, 1.54) is 31.3 Å². The molecule has 0 spiro atoms. The van der Waals surface area contributed by atoms with E-state index in [1.807, 2.05) is 0 Å². The SMILES string of the molecule is C#C[C@]1(O[Si](C)(C)C)CC[C@H]2[C@@H]3C=CC4=C/C(=N/OC)CC[C@@H]4[C@H]3CC[C@@]21C. The Morgan fingerprint density at radius 2 is 2.00 bits per heavy atom. The minimum atomic E-state index is -1.72. The number of fused-ring (bicyclic) bond motifs is 5. The van der Waals surface area contributed by atoms with E-state index < -0.39 is 8.32 Å². The van der Waals surface area contributed by atoms with Gasteiger partial charge >= 0.3 is 0 Å². The summed E-state index contributed by atoms with van der Waals surface area (Å²) in [5, 5.41) is 4.18. The first-order valence-corrected chi connectivity index (χ1v) is 14.3. The summed E-state index contributed by atoms with van der Waals surface area (Å²) >= 11 is 0. The average Bonchev–Trinajstić information content (AvgIpc) is 2.93. The van der Waals surface area contributed by atoms with Crippen LogP contribution in [0, 0.1) is 41.4 Å². The Kier molecular flexibility index (Phi) is 4.91. The Hall–Kier alpha value is -1.31. The zero-order valence-corrected chi connectivity index (χ0v) is 19.1. The third kappa shape index (κ3) is 3.02. The first-order chi connectivity index (χ1) is 13.2. The Morgan fingerprint density at radius 1 is 1.21 bits per heavy atom. The third-order valence-electron chi connectivity index (χ3n) is 7.93. The molecule has 4 rings (SSSR count). The Labute approximate surface area is 171 Å². The predicted molar refractivity (Wildman–Crippen MR) is 117 cm³/mol. The molecule has 2 fully saturated rings. The van der Waals surface area contributed by atoms with Gasteiger partial charge in [0.05, 0.1) is 5.71 Å². The number of allylic oxidation sites excluding steroid dienone is 4. The monoisotopic (exact) mass is 397 g/mol. The van der Waals surface area contributed by atoms with Crippen LogP contribution in [0.2, 0.25) is 19.6 Å². The number of hydrogen-bond donors (Lipinski definition) is 0. The van der Waals surface area contributed by atoms with Gasteiger partial charge < -0.3 is 9.26 Å². The zero-order valence-electron chi connectivity index (χ0n) is 18.1. The molecule has 0 saturated heterocycles. The highest BCUT2D eigenvalue weighted by Gasteiger charge is 2.63. The summed E-state index contributed by atoms with van der Waals surface area (Å²) in [7, 11) is -0.0892. The van der Waals surface area contributed by atoms with Crippen molar-refractivity contribution in [2.75, 3.05) is 7.11 Å². The molecular formula is C24H35NO2Si. The molecule has 0 N–H and O–H groups in total. The van der Waals surface area contributed by atoms with Gasteiger partial charge in [0.15, 0.2) is 8.32 Å². The average molecular weight is 398 g/mol. The molecular weight excluding hydrogens is 362 g/mol. The summed E-state index contributed by atoms with van der Waals surface area (Å²) in [6.07, 6.45) is 20.2. The molecule has 0 aromatic rings. The highest BCUT2D eigenvalue weighted by Crippen LogP contribution is 2.65. The van der Waals surface area contributed by atoms with E-state index in [0.29, 0.717) is 17.8 Å². The molecule has 0 amide bonds. The molecule has 3 nitrogen and oxygen atoms in total. The van der Waals surface area contributed by atoms with E-state index in [9.17, 15) is 0 Å². The molecule has 0 unspecified atom stereocenters. The van der Waals surface area contributed by atoms with Crippen LogP contribution in [0.15, 0.2) is 29.0 Å². The predicted octanol–water partition coefficient (Wildman–Crippen LogP) is 5.56. The van der Waals surface area contributed by atoms with Crippen molar-refractivity contribution < 1.29 is 9.26 Å². The van der Waals surface area contributed by atoms with Gasteiger partial charge in [-0.25, -0.2) is 0 Å². The lowest BCUT2D eigenvalue weighted by molar-refractivity contribution is -0.0596. The molecule has 4 heteroatoms. The van der Waals surface area contributed by atoms with Crippen molar-refractivity contribution in [3.63, 3.8) is 0 Å². The van der Waals surface area contributed by atoms with Crippen LogP contribution in [0.4, 0.5) is 0 Å². The Morgan fingerprint density at radius 3 is 2.68 bits per heavy atom. The van der Waals surface area contributed by atoms with Crippen LogP contribution >= 0.6 is 0 Å². The number of terminal acetylenes is 1. The summed E-state index contributed by atoms with van der Waals surface area (Å²) in [5.74, 6) is 5.85. The topological polar surface area (TPSA) is 30.8 Å². The van der Waals surface area contributed by atoms with Crippen molar-refractivity contribution >= 4 is 14.0 Å². The van der Waals surface area contributed by atoms with E-state index in [4.69, 9.17) is 15.7 Å². The largest absolute Gasteiger partial charge is 0.401 e. The van der Waals surface area contributed by atoms with Crippen LogP contribution in [0.5, 0.6) is 0 Å². The van der Waals surface area contributed by atoms with Crippen LogP contribution in [0.3, 0.4) is 0 Å². The fourth-order valence-corrected chi connectivity index (χ4v) is 8.25. The standard InChI is InChI=1S/C24H35NO2Si/c1-7-24(27-28(4,5)6)15-13-22-21-10-8-17-16-18(25-26-3)9-11-19(17)20(21)12-14-23(22,24)2/h1,8,10,16,19-22H,9,11-15H2,2-6H3/b25-18+/t19-,20+,21+,22-,23-,24-/m0/s1. The molecule has 0 aromatic heterocycles. The molecule has 4 aliphatic carbocycles. The fourth-order valence-electron chi connectivity index (χ4n) is 6.81. The third-order valence-corrected chi connectivity index (χ3v) is 8.89. The maximum Gasteiger partial charge on any atom is 0.185 e. The van der Waals surface area contributed by atoms with E-state index >= 15 is 0 Å². The lowest BCUT2D eigenvalue weighted by Crippen LogP contribution is -2.55. The van der Waals surface area contributed by atoms with Gasteiger partial charge in [0.2, 0.25) is 0 Å². The molecule has 0 heterocycles. The van der Waals surface area contributed by atoms with Gasteiger partial charge in [-0.3, -0.25) is 0 Å². The summed E-state index contributed by atoms with van der Waals surface area (Å²) in [5.41, 5.74) is 2.24. The molecule has 2 saturated carbocycles. The van der Waals surface area contributed by atoms with Crippen molar-refractivity contribution in [3.8, 4) is 12.3 Å². The molecule has 0 bridgehead atoms. The van der Waals surface area contributed by atoms with Gasteiger partial charge in [-0.15, -0.1) is 6.42 Å². The molecule has 4 aliphatic rings. The molecule has 0 radical (unpaired) electrons. The maximum absolute atomic E-state index is 6.77. The highest BCUT2D eigenvalue weighted by molar-refractivity contribution is 6.69. The molecule has 28 heavy (non-hydrogen) atoms. The summed E-state index contributed by atoms with van der Waals surface area (Å²) in [6.45, 7) is 9.25. The van der Waals surface area contributed by atoms with Gasteiger partial charge in [0.1, 0.15) is 12.7 Å². The van der Waals surface area contributed by atoms with Crippen molar-refractivity contribution in [2.24, 2.45) is 34.2 Å². The first kappa shape index (κ1) is 20.0. The number of rotatable bonds is 3. The van der Waals surface area contributed by atoms with Gasteiger partial charge in [-0.2, -0.15) is 0 Å². The van der Waals surface area contributed by atoms with Gasteiger partial charge in [-0.05, 0) is 93.5 Å². The van der Waals surface area contributed by atoms with Gasteiger partial charge in [0, 0.05) is 5.41 Å². The van der Waals surface area contributed by atoms with Gasteiger partial charge in [0.25, 0.3) is 0 Å². The first-order valence-electron chi connectivity index (χ1n) is 10.9. The van der Waals surface area contributed by atoms with Crippen molar-refractivity contribution in [2.45, 2.75) is 70.7 Å². The summed E-state index contributed by atoms with van der Waals surface area (Å²) < 4.78 is 6.77. The molecule has 0 aromatic carbocycles. The van der Waals surface area contributed by atoms with E-state index in [2.05, 4.69) is 55.9 Å². The van der Waals surface area contributed by atoms with Crippen molar-refractivity contribution in [1.82, 2.24) is 0 Å². The van der Waals surface area contributed by atoms with Crippen molar-refractivity contribution in [1.29, 1.82) is 0 Å². The van der Waals surface area contributed by atoms with E-state index in [-0.39, 0.29) is 11.0 Å². The second-order valence-corrected chi connectivity index (χ2v) is 14.9. The Bertz CT molecular complexity index is 770. The second kappa shape index (κ2) is 6.88. The zero-order chi connectivity index (χ0) is 20.2. The fraction of sp³-hybridized carbons (Fsp3) is 0.708. The molecule has 152 valence electrons. The smallest absolute Gasteiger partial charge is 0.185 e. The van der Waals surface area contributed by atoms with Crippen LogP contribution < -0.4 is 0 Å². The molecule has 0 aliphatic heterocycles. The summed E-state index contributed by atoms with van der Waals surface area (Å²) in [6, 6.07) is 0. The second-order valence-electron chi connectivity index (χ2n) is 10.4. The molecule has 6 atom stereocenters. The number of hydrogen-bond acceptors (Lipinski definition) is 3. The number of nitrogens with zero attached hydrogens (tertiary/aromatic N) is 1. The van der Waals surface area contributed by atoms with Crippen LogP contribution in [0.1, 0.15) is 45.4 Å². The lowest BCUT2D eigenvalue weighted by Gasteiger charge is -2.55. The van der Waals surface area contributed by atoms with Crippen LogP contribution in [-0.4, -0.2) is 26.7 Å². The minimum absolute atomic E-state index is 0.0894. The minimum Gasteiger partial charge on any atom is -0.401 e. The maximum atomic E-state index is 6.77. The van der Waals surface area contributed by atoms with Crippen LogP contribution in [0.25, 0.3) is 0 Å². The van der Waals surface area contributed by atoms with Crippen LogP contribution in [-0.2, 0) is 9.26 Å². The highest BCUT2D eigenvalue weighted by atomic mass is 28.4. The normalized spacial score (nSPS) is 43.6. The summed E-state index contributed by atoms with van der Waals surface area (Å²) in [4.78, 5) is 5.00. The Balaban J connectivity index is 1.65. The quantitative estimate of drug-likeness (QED) is 0.354. The van der Waals surface area contributed by atoms with E-state index in [0.717, 1.165) is 24.5 Å². The van der Waals surface area contributed by atoms with E-state index in [1.54, 1.807) is 7.11 Å². The van der Waals surface area contributed by atoms with Crippen molar-refractivity contribution in [3.05, 3.63) is 23.8 Å². The van der Waals surface area contributed by atoms with Gasteiger partial charge in [-0.1, -0.05) is 30.2 Å². The number of oxime groups is 1. The lowest BCUT2D eigenvalue weighted by atomic mass is 9.52.